The van der Waals surface area contributed by atoms with E-state index in [4.69, 9.17) is 9.47 Å². The number of amides is 1. The Morgan fingerprint density at radius 2 is 1.57 bits per heavy atom. The topological polar surface area (TPSA) is 59.0 Å². The van der Waals surface area contributed by atoms with Crippen LogP contribution in [-0.4, -0.2) is 73.3 Å². The monoisotopic (exact) mass is 568 g/mol. The highest BCUT2D eigenvalue weighted by atomic mass is 16.5. The van der Waals surface area contributed by atoms with Crippen LogP contribution in [-0.2, 0) is 13.1 Å². The molecule has 0 radical (unpaired) electrons. The van der Waals surface area contributed by atoms with Crippen molar-refractivity contribution in [2.24, 2.45) is 0 Å². The molecule has 0 atom stereocenters. The number of benzene rings is 3. The molecule has 0 saturated carbocycles. The van der Waals surface area contributed by atoms with Crippen LogP contribution in [0, 0.1) is 6.92 Å². The van der Waals surface area contributed by atoms with Crippen LogP contribution in [0.5, 0.6) is 11.5 Å². The maximum Gasteiger partial charge on any atom is 0.253 e. The molecular weight excluding hydrogens is 524 g/mol. The molecule has 0 aliphatic carbocycles. The van der Waals surface area contributed by atoms with Gasteiger partial charge in [-0.1, -0.05) is 54.6 Å². The van der Waals surface area contributed by atoms with E-state index in [9.17, 15) is 4.79 Å². The van der Waals surface area contributed by atoms with Crippen molar-refractivity contribution in [1.82, 2.24) is 19.7 Å². The van der Waals surface area contributed by atoms with Crippen molar-refractivity contribution in [1.29, 1.82) is 0 Å². The quantitative estimate of drug-likeness (QED) is 0.208. The summed E-state index contributed by atoms with van der Waals surface area (Å²) < 4.78 is 13.8. The zero-order valence-corrected chi connectivity index (χ0v) is 25.1. The van der Waals surface area contributed by atoms with Crippen LogP contribution >= 0.6 is 0 Å². The number of aromatic nitrogens is 1. The second-order valence-electron chi connectivity index (χ2n) is 11.1. The van der Waals surface area contributed by atoms with Gasteiger partial charge in [-0.3, -0.25) is 4.79 Å². The van der Waals surface area contributed by atoms with Gasteiger partial charge in [0.05, 0.1) is 24.8 Å². The normalized spacial score (nSPS) is 14.5. The fourth-order valence-corrected chi connectivity index (χ4v) is 5.86. The molecule has 1 N–H and O–H groups in total. The van der Waals surface area contributed by atoms with E-state index >= 15 is 0 Å². The van der Waals surface area contributed by atoms with Crippen LogP contribution in [0.3, 0.4) is 0 Å². The molecule has 42 heavy (non-hydrogen) atoms. The number of hydrogen-bond donors (Lipinski definition) is 1. The molecule has 1 aromatic heterocycles. The average Bonchev–Trinajstić information content (AvgIpc) is 3.24. The molecule has 0 bridgehead atoms. The number of carbonyl (C=O) groups is 1. The zero-order valence-electron chi connectivity index (χ0n) is 25.1. The molecular formula is C35H44N4O3. The third kappa shape index (κ3) is 7.72. The number of rotatable bonds is 13. The van der Waals surface area contributed by atoms with E-state index in [1.807, 2.05) is 66.9 Å². The molecule has 7 heteroatoms. The van der Waals surface area contributed by atoms with Crippen molar-refractivity contribution >= 4 is 16.8 Å². The fraction of sp³-hybridized carbons (Fsp3) is 0.400. The summed E-state index contributed by atoms with van der Waals surface area (Å²) >= 11 is 0. The maximum atomic E-state index is 13.3. The van der Waals surface area contributed by atoms with Crippen molar-refractivity contribution < 1.29 is 14.3 Å². The summed E-state index contributed by atoms with van der Waals surface area (Å²) in [6.07, 6.45) is 5.24. The highest BCUT2D eigenvalue weighted by Crippen LogP contribution is 2.30. The van der Waals surface area contributed by atoms with Crippen molar-refractivity contribution in [2.45, 2.75) is 39.3 Å². The van der Waals surface area contributed by atoms with Crippen LogP contribution in [0.2, 0.25) is 0 Å². The number of ether oxygens (including phenoxy) is 2. The Morgan fingerprint density at radius 1 is 0.833 bits per heavy atom. The summed E-state index contributed by atoms with van der Waals surface area (Å²) in [6.45, 7) is 10.7. The predicted molar refractivity (Wildman–Crippen MR) is 170 cm³/mol. The van der Waals surface area contributed by atoms with E-state index in [1.54, 1.807) is 7.11 Å². The molecule has 1 fully saturated rings. The van der Waals surface area contributed by atoms with Gasteiger partial charge in [0, 0.05) is 44.3 Å². The van der Waals surface area contributed by atoms with Crippen LogP contribution < -0.4 is 14.8 Å². The summed E-state index contributed by atoms with van der Waals surface area (Å²) in [5.41, 5.74) is 3.99. The Bertz CT molecular complexity index is 1430. The van der Waals surface area contributed by atoms with Gasteiger partial charge in [0.1, 0.15) is 11.5 Å². The minimum Gasteiger partial charge on any atom is -0.495 e. The lowest BCUT2D eigenvalue weighted by Gasteiger charge is -2.22. The lowest BCUT2D eigenvalue weighted by Crippen LogP contribution is -2.32. The molecule has 4 aromatic rings. The molecule has 1 aliphatic rings. The molecule has 7 nitrogen and oxygen atoms in total. The van der Waals surface area contributed by atoms with Gasteiger partial charge in [0.2, 0.25) is 0 Å². The van der Waals surface area contributed by atoms with Crippen LogP contribution in [0.25, 0.3) is 10.9 Å². The second kappa shape index (κ2) is 14.9. The second-order valence-corrected chi connectivity index (χ2v) is 11.1. The highest BCUT2D eigenvalue weighted by molar-refractivity contribution is 6.08. The minimum atomic E-state index is -0.0583. The fourth-order valence-electron chi connectivity index (χ4n) is 5.86. The van der Waals surface area contributed by atoms with E-state index in [1.165, 1.54) is 12.0 Å². The van der Waals surface area contributed by atoms with Gasteiger partial charge in [-0.25, -0.2) is 0 Å². The lowest BCUT2D eigenvalue weighted by molar-refractivity contribution is 0.0952. The minimum absolute atomic E-state index is 0.0583. The van der Waals surface area contributed by atoms with Gasteiger partial charge in [-0.2, -0.15) is 0 Å². The molecule has 0 unspecified atom stereocenters. The molecule has 1 saturated heterocycles. The van der Waals surface area contributed by atoms with Gasteiger partial charge < -0.3 is 29.2 Å². The van der Waals surface area contributed by atoms with E-state index < -0.39 is 0 Å². The van der Waals surface area contributed by atoms with E-state index in [0.29, 0.717) is 12.1 Å². The standard InChI is InChI=1S/C35H44N4O3/c1-28-12-6-7-13-29(28)26-36-35(40)32-27-39(34-31(32)16-8-17-33(34)41-2)22-10-20-37-18-9-19-38(24-23-37)21-11-25-42-30-14-4-3-5-15-30/h3-8,12-17,27H,9-11,18-26H2,1-2H3,(H,36,40). The number of aryl methyl sites for hydroxylation is 2. The number of carbonyl (C=O) groups excluding carboxylic acids is 1. The van der Waals surface area contributed by atoms with Gasteiger partial charge in [0.25, 0.3) is 5.91 Å². The molecule has 0 spiro atoms. The summed E-state index contributed by atoms with van der Waals surface area (Å²) in [7, 11) is 1.70. The van der Waals surface area contributed by atoms with Gasteiger partial charge >= 0.3 is 0 Å². The number of para-hydroxylation sites is 2. The van der Waals surface area contributed by atoms with Gasteiger partial charge in [0.15, 0.2) is 0 Å². The number of hydrogen-bond acceptors (Lipinski definition) is 5. The molecule has 222 valence electrons. The molecule has 1 aliphatic heterocycles. The van der Waals surface area contributed by atoms with E-state index in [-0.39, 0.29) is 5.91 Å². The highest BCUT2D eigenvalue weighted by Gasteiger charge is 2.19. The summed E-state index contributed by atoms with van der Waals surface area (Å²) in [5.74, 6) is 1.69. The molecule has 1 amide bonds. The smallest absolute Gasteiger partial charge is 0.253 e. The number of nitrogens with zero attached hydrogens (tertiary/aromatic N) is 3. The third-order valence-corrected chi connectivity index (χ3v) is 8.21. The predicted octanol–water partition coefficient (Wildman–Crippen LogP) is 5.76. The first-order valence-corrected chi connectivity index (χ1v) is 15.2. The maximum absolute atomic E-state index is 13.3. The Kier molecular flexibility index (Phi) is 10.5. The SMILES string of the molecule is COc1cccc2c(C(=O)NCc3ccccc3C)cn(CCCN3CCCN(CCCOc4ccccc4)CC3)c12. The van der Waals surface area contributed by atoms with Crippen molar-refractivity contribution in [2.75, 3.05) is 53.0 Å². The van der Waals surface area contributed by atoms with Crippen molar-refractivity contribution in [3.05, 3.63) is 95.7 Å². The van der Waals surface area contributed by atoms with Crippen LogP contribution in [0.4, 0.5) is 0 Å². The number of methoxy groups -OCH3 is 1. The summed E-state index contributed by atoms with van der Waals surface area (Å²) in [5, 5.41) is 4.06. The van der Waals surface area contributed by atoms with Gasteiger partial charge in [-0.15, -0.1) is 0 Å². The van der Waals surface area contributed by atoms with E-state index in [2.05, 4.69) is 38.7 Å². The number of fused-ring (bicyclic) bond motifs is 1. The average molecular weight is 569 g/mol. The molecule has 3 aromatic carbocycles. The van der Waals surface area contributed by atoms with Gasteiger partial charge in [-0.05, 0) is 75.1 Å². The zero-order chi connectivity index (χ0) is 29.1. The first-order valence-electron chi connectivity index (χ1n) is 15.2. The van der Waals surface area contributed by atoms with Crippen LogP contribution in [0.1, 0.15) is 40.7 Å². The Hall–Kier alpha value is -3.81. The summed E-state index contributed by atoms with van der Waals surface area (Å²) in [6, 6.07) is 24.2. The Morgan fingerprint density at radius 3 is 2.33 bits per heavy atom. The van der Waals surface area contributed by atoms with Crippen molar-refractivity contribution in [3.63, 3.8) is 0 Å². The molecule has 5 rings (SSSR count). The largest absolute Gasteiger partial charge is 0.495 e. The van der Waals surface area contributed by atoms with E-state index in [0.717, 1.165) is 93.2 Å². The first kappa shape index (κ1) is 29.7. The first-order chi connectivity index (χ1) is 20.6. The summed E-state index contributed by atoms with van der Waals surface area (Å²) in [4.78, 5) is 18.5. The molecule has 2 heterocycles. The third-order valence-electron chi connectivity index (χ3n) is 8.21. The van der Waals surface area contributed by atoms with Crippen LogP contribution in [0.15, 0.2) is 79.0 Å². The Labute approximate surface area is 250 Å². The Balaban J connectivity index is 1.13. The number of nitrogens with one attached hydrogen (secondary N) is 1. The lowest BCUT2D eigenvalue weighted by atomic mass is 10.1. The van der Waals surface area contributed by atoms with Crippen molar-refractivity contribution in [3.8, 4) is 11.5 Å².